The smallest absolute Gasteiger partial charge is 0.379 e. The number of benzene rings is 1. The van der Waals surface area contributed by atoms with Gasteiger partial charge in [0.15, 0.2) is 6.10 Å². The lowest BCUT2D eigenvalue weighted by Crippen LogP contribution is -2.21. The molecule has 0 aliphatic carbocycles. The van der Waals surface area contributed by atoms with Crippen molar-refractivity contribution in [2.75, 3.05) is 0 Å². The second-order valence-electron chi connectivity index (χ2n) is 2.97. The first-order valence-electron chi connectivity index (χ1n) is 3.83. The van der Waals surface area contributed by atoms with Gasteiger partial charge in [-0.25, -0.2) is 4.39 Å². The van der Waals surface area contributed by atoms with Crippen molar-refractivity contribution in [2.24, 2.45) is 0 Å². The molecule has 0 unspecified atom stereocenters. The minimum atomic E-state index is -4.84. The highest BCUT2D eigenvalue weighted by atomic mass is 19.4. The standard InChI is InChI=1S/C9H8F4O/c1-5-2-3-7(10)6(4-5)8(14)9(11,12)13/h2-4,8,14H,1H3/t8-/m0/s1. The molecule has 0 aliphatic rings. The molecule has 14 heavy (non-hydrogen) atoms. The number of hydrogen-bond donors (Lipinski definition) is 1. The zero-order valence-corrected chi connectivity index (χ0v) is 7.27. The fraction of sp³-hybridized carbons (Fsp3) is 0.333. The Morgan fingerprint density at radius 3 is 2.36 bits per heavy atom. The van der Waals surface area contributed by atoms with Crippen LogP contribution in [0.1, 0.15) is 17.2 Å². The Morgan fingerprint density at radius 2 is 1.86 bits per heavy atom. The largest absolute Gasteiger partial charge is 0.418 e. The highest BCUT2D eigenvalue weighted by molar-refractivity contribution is 5.26. The molecule has 0 spiro atoms. The number of aliphatic hydroxyl groups is 1. The quantitative estimate of drug-likeness (QED) is 0.703. The Bertz CT molecular complexity index is 332. The zero-order valence-electron chi connectivity index (χ0n) is 7.27. The molecule has 1 N–H and O–H groups in total. The summed E-state index contributed by atoms with van der Waals surface area (Å²) < 4.78 is 49.0. The molecule has 1 nitrogen and oxygen atoms in total. The highest BCUT2D eigenvalue weighted by Gasteiger charge is 2.40. The Labute approximate surface area is 78.0 Å². The lowest BCUT2D eigenvalue weighted by molar-refractivity contribution is -0.207. The summed E-state index contributed by atoms with van der Waals surface area (Å²) in [5, 5.41) is 8.80. The van der Waals surface area contributed by atoms with Crippen LogP contribution >= 0.6 is 0 Å². The molecule has 1 rings (SSSR count). The molecule has 1 atom stereocenters. The Kier molecular flexibility index (Phi) is 2.80. The first-order valence-corrected chi connectivity index (χ1v) is 3.83. The third kappa shape index (κ3) is 2.23. The number of hydrogen-bond acceptors (Lipinski definition) is 1. The van der Waals surface area contributed by atoms with Gasteiger partial charge in [0, 0.05) is 5.56 Å². The van der Waals surface area contributed by atoms with E-state index >= 15 is 0 Å². The number of alkyl halides is 3. The Balaban J connectivity index is 3.12. The van der Waals surface area contributed by atoms with Crippen molar-refractivity contribution in [3.05, 3.63) is 35.1 Å². The summed E-state index contributed by atoms with van der Waals surface area (Å²) in [6.07, 6.45) is -7.60. The summed E-state index contributed by atoms with van der Waals surface area (Å²) in [6.45, 7) is 1.52. The van der Waals surface area contributed by atoms with Gasteiger partial charge in [0.25, 0.3) is 0 Å². The summed E-state index contributed by atoms with van der Waals surface area (Å²) in [4.78, 5) is 0. The van der Waals surface area contributed by atoms with Crippen LogP contribution in [-0.2, 0) is 0 Å². The van der Waals surface area contributed by atoms with Crippen LogP contribution in [0.5, 0.6) is 0 Å². The van der Waals surface area contributed by atoms with Gasteiger partial charge in [0.05, 0.1) is 0 Å². The molecule has 0 aromatic heterocycles. The van der Waals surface area contributed by atoms with Gasteiger partial charge in [0.2, 0.25) is 0 Å². The molecular formula is C9H8F4O. The molecule has 78 valence electrons. The van der Waals surface area contributed by atoms with Crippen LogP contribution in [-0.4, -0.2) is 11.3 Å². The lowest BCUT2D eigenvalue weighted by Gasteiger charge is -2.15. The van der Waals surface area contributed by atoms with Crippen molar-refractivity contribution in [3.8, 4) is 0 Å². The van der Waals surface area contributed by atoms with E-state index in [-0.39, 0.29) is 0 Å². The molecule has 1 aromatic carbocycles. The van der Waals surface area contributed by atoms with Gasteiger partial charge in [-0.15, -0.1) is 0 Å². The van der Waals surface area contributed by atoms with Gasteiger partial charge in [-0.1, -0.05) is 17.7 Å². The van der Waals surface area contributed by atoms with Crippen LogP contribution in [0.2, 0.25) is 0 Å². The van der Waals surface area contributed by atoms with Crippen LogP contribution < -0.4 is 0 Å². The molecule has 0 fully saturated rings. The van der Waals surface area contributed by atoms with E-state index < -0.39 is 23.7 Å². The molecule has 5 heteroatoms. The van der Waals surface area contributed by atoms with Crippen LogP contribution in [0.3, 0.4) is 0 Å². The lowest BCUT2D eigenvalue weighted by atomic mass is 10.1. The van der Waals surface area contributed by atoms with Gasteiger partial charge in [-0.3, -0.25) is 0 Å². The first kappa shape index (κ1) is 11.0. The maximum atomic E-state index is 12.9. The average molecular weight is 208 g/mol. The number of rotatable bonds is 1. The monoisotopic (exact) mass is 208 g/mol. The Morgan fingerprint density at radius 1 is 1.29 bits per heavy atom. The van der Waals surface area contributed by atoms with Crippen LogP contribution in [0.25, 0.3) is 0 Å². The minimum absolute atomic E-state index is 0.463. The van der Waals surface area contributed by atoms with Gasteiger partial charge in [-0.2, -0.15) is 13.2 Å². The first-order chi connectivity index (χ1) is 6.32. The van der Waals surface area contributed by atoms with Crippen molar-refractivity contribution < 1.29 is 22.7 Å². The summed E-state index contributed by atoms with van der Waals surface area (Å²) in [7, 11) is 0. The van der Waals surface area contributed by atoms with Crippen LogP contribution in [0, 0.1) is 12.7 Å². The van der Waals surface area contributed by atoms with E-state index in [2.05, 4.69) is 0 Å². The average Bonchev–Trinajstić information content (AvgIpc) is 2.06. The van der Waals surface area contributed by atoms with E-state index in [0.717, 1.165) is 12.1 Å². The van der Waals surface area contributed by atoms with E-state index in [0.29, 0.717) is 5.56 Å². The molecule has 0 heterocycles. The SMILES string of the molecule is Cc1ccc(F)c([C@H](O)C(F)(F)F)c1. The van der Waals surface area contributed by atoms with E-state index in [1.807, 2.05) is 0 Å². The van der Waals surface area contributed by atoms with Crippen molar-refractivity contribution in [3.63, 3.8) is 0 Å². The fourth-order valence-electron chi connectivity index (χ4n) is 1.05. The zero-order chi connectivity index (χ0) is 10.9. The predicted molar refractivity (Wildman–Crippen MR) is 42.2 cm³/mol. The van der Waals surface area contributed by atoms with Crippen molar-refractivity contribution in [1.82, 2.24) is 0 Å². The second-order valence-corrected chi connectivity index (χ2v) is 2.97. The third-order valence-electron chi connectivity index (χ3n) is 1.76. The molecular weight excluding hydrogens is 200 g/mol. The summed E-state index contributed by atoms with van der Waals surface area (Å²) in [5.41, 5.74) is -0.276. The van der Waals surface area contributed by atoms with E-state index in [4.69, 9.17) is 5.11 Å². The highest BCUT2D eigenvalue weighted by Crippen LogP contribution is 2.33. The number of halogens is 4. The van der Waals surface area contributed by atoms with Gasteiger partial charge < -0.3 is 5.11 Å². The summed E-state index contributed by atoms with van der Waals surface area (Å²) >= 11 is 0. The fourth-order valence-corrected chi connectivity index (χ4v) is 1.05. The summed E-state index contributed by atoms with van der Waals surface area (Å²) in [6, 6.07) is 3.22. The third-order valence-corrected chi connectivity index (χ3v) is 1.76. The molecule has 0 aliphatic heterocycles. The van der Waals surface area contributed by atoms with E-state index in [9.17, 15) is 17.6 Å². The predicted octanol–water partition coefficient (Wildman–Crippen LogP) is 2.73. The molecule has 0 amide bonds. The maximum absolute atomic E-state index is 12.9. The maximum Gasteiger partial charge on any atom is 0.418 e. The van der Waals surface area contributed by atoms with Gasteiger partial charge >= 0.3 is 6.18 Å². The van der Waals surface area contributed by atoms with E-state index in [1.165, 1.54) is 13.0 Å². The topological polar surface area (TPSA) is 20.2 Å². The van der Waals surface area contributed by atoms with Crippen molar-refractivity contribution in [1.29, 1.82) is 0 Å². The molecule has 1 aromatic rings. The minimum Gasteiger partial charge on any atom is -0.379 e. The number of aliphatic hydroxyl groups excluding tert-OH is 1. The van der Waals surface area contributed by atoms with Gasteiger partial charge in [-0.05, 0) is 13.0 Å². The molecule has 0 bridgehead atoms. The normalized spacial score (nSPS) is 14.1. The van der Waals surface area contributed by atoms with Crippen LogP contribution in [0.15, 0.2) is 18.2 Å². The van der Waals surface area contributed by atoms with Crippen molar-refractivity contribution in [2.45, 2.75) is 19.2 Å². The van der Waals surface area contributed by atoms with Crippen LogP contribution in [0.4, 0.5) is 17.6 Å². The molecule has 0 saturated heterocycles. The van der Waals surface area contributed by atoms with E-state index in [1.54, 1.807) is 0 Å². The van der Waals surface area contributed by atoms with Crippen molar-refractivity contribution >= 4 is 0 Å². The van der Waals surface area contributed by atoms with Gasteiger partial charge in [0.1, 0.15) is 5.82 Å². The molecule has 0 saturated carbocycles. The number of aryl methyl sites for hydroxylation is 1. The molecule has 0 radical (unpaired) electrons. The Hall–Kier alpha value is -1.10. The summed E-state index contributed by atoms with van der Waals surface area (Å²) in [5.74, 6) is -1.06. The second kappa shape index (κ2) is 3.57.